The fraction of sp³-hybridized carbons (Fsp3) is 0.929. The molecule has 1 saturated heterocycles. The molecule has 1 N–H and O–H groups in total. The van der Waals surface area contributed by atoms with E-state index in [1.807, 2.05) is 23.7 Å². The molecule has 1 amide bonds. The maximum Gasteiger partial charge on any atom is 0.226 e. The molecule has 2 rings (SSSR count). The molecule has 2 unspecified atom stereocenters. The lowest BCUT2D eigenvalue weighted by molar-refractivity contribution is -0.134. The number of rotatable bonds is 5. The Morgan fingerprint density at radius 2 is 2.11 bits per heavy atom. The standard InChI is InChI=1S/C14H26N2OS.ClH/c1-11(4-9-18-3)16(2)13(17)12-10-14(12)5-7-15-8-6-14;/h11-12,15H,4-10H2,1-3H3;1H. The summed E-state index contributed by atoms with van der Waals surface area (Å²) in [4.78, 5) is 14.5. The zero-order valence-electron chi connectivity index (χ0n) is 12.3. The van der Waals surface area contributed by atoms with E-state index in [4.69, 9.17) is 0 Å². The second kappa shape index (κ2) is 7.19. The van der Waals surface area contributed by atoms with Crippen LogP contribution in [0.25, 0.3) is 0 Å². The molecule has 0 bridgehead atoms. The molecule has 5 heteroatoms. The highest BCUT2D eigenvalue weighted by atomic mass is 35.5. The normalized spacial score (nSPS) is 25.5. The van der Waals surface area contributed by atoms with Crippen molar-refractivity contribution in [1.29, 1.82) is 0 Å². The summed E-state index contributed by atoms with van der Waals surface area (Å²) in [6.45, 7) is 4.36. The van der Waals surface area contributed by atoms with Crippen molar-refractivity contribution in [3.8, 4) is 0 Å². The lowest BCUT2D eigenvalue weighted by Crippen LogP contribution is -2.39. The van der Waals surface area contributed by atoms with Gasteiger partial charge in [0, 0.05) is 19.0 Å². The van der Waals surface area contributed by atoms with Crippen LogP contribution in [0.2, 0.25) is 0 Å². The molecule has 0 radical (unpaired) electrons. The average molecular weight is 307 g/mol. The number of nitrogens with one attached hydrogen (secondary N) is 1. The highest BCUT2D eigenvalue weighted by Crippen LogP contribution is 2.59. The minimum absolute atomic E-state index is 0. The second-order valence-electron chi connectivity index (χ2n) is 5.95. The van der Waals surface area contributed by atoms with E-state index in [1.54, 1.807) is 0 Å². The van der Waals surface area contributed by atoms with Gasteiger partial charge in [-0.05, 0) is 63.1 Å². The summed E-state index contributed by atoms with van der Waals surface area (Å²) < 4.78 is 0. The van der Waals surface area contributed by atoms with Crippen molar-refractivity contribution in [2.75, 3.05) is 32.1 Å². The molecule has 1 heterocycles. The van der Waals surface area contributed by atoms with Crippen LogP contribution in [0, 0.1) is 11.3 Å². The summed E-state index contributed by atoms with van der Waals surface area (Å²) in [6, 6.07) is 0.379. The van der Waals surface area contributed by atoms with Gasteiger partial charge in [0.1, 0.15) is 0 Å². The van der Waals surface area contributed by atoms with Crippen molar-refractivity contribution in [2.45, 2.75) is 38.6 Å². The van der Waals surface area contributed by atoms with Crippen LogP contribution in [0.3, 0.4) is 0 Å². The third-order valence-corrected chi connectivity index (χ3v) is 5.48. The summed E-state index contributed by atoms with van der Waals surface area (Å²) in [7, 11) is 1.99. The maximum atomic E-state index is 12.5. The van der Waals surface area contributed by atoms with Gasteiger partial charge in [0.15, 0.2) is 0 Å². The van der Waals surface area contributed by atoms with E-state index in [1.165, 1.54) is 12.8 Å². The van der Waals surface area contributed by atoms with Gasteiger partial charge in [0.05, 0.1) is 0 Å². The fourth-order valence-corrected chi connectivity index (χ4v) is 3.70. The molecule has 1 spiro atoms. The van der Waals surface area contributed by atoms with Gasteiger partial charge in [-0.3, -0.25) is 4.79 Å². The highest BCUT2D eigenvalue weighted by Gasteiger charge is 2.58. The van der Waals surface area contributed by atoms with E-state index in [0.29, 0.717) is 23.3 Å². The zero-order chi connectivity index (χ0) is 13.2. The number of hydrogen-bond donors (Lipinski definition) is 1. The number of carbonyl (C=O) groups excluding carboxylic acids is 1. The minimum atomic E-state index is 0. The topological polar surface area (TPSA) is 32.3 Å². The molecule has 2 aliphatic rings. The van der Waals surface area contributed by atoms with E-state index in [-0.39, 0.29) is 12.4 Å². The Kier molecular flexibility index (Phi) is 6.48. The summed E-state index contributed by atoms with van der Waals surface area (Å²) >= 11 is 1.86. The van der Waals surface area contributed by atoms with Crippen LogP contribution in [0.4, 0.5) is 0 Å². The molecule has 112 valence electrons. The predicted molar refractivity (Wildman–Crippen MR) is 85.1 cm³/mol. The third kappa shape index (κ3) is 3.79. The van der Waals surface area contributed by atoms with Gasteiger partial charge in [0.25, 0.3) is 0 Å². The summed E-state index contributed by atoms with van der Waals surface area (Å²) in [5.74, 6) is 1.85. The molecule has 2 fully saturated rings. The maximum absolute atomic E-state index is 12.5. The third-order valence-electron chi connectivity index (χ3n) is 4.84. The fourth-order valence-electron chi connectivity index (χ4n) is 3.12. The van der Waals surface area contributed by atoms with E-state index in [2.05, 4.69) is 18.5 Å². The Bertz CT molecular complexity index is 308. The van der Waals surface area contributed by atoms with Gasteiger partial charge >= 0.3 is 0 Å². The van der Waals surface area contributed by atoms with Crippen molar-refractivity contribution in [2.24, 2.45) is 11.3 Å². The van der Waals surface area contributed by atoms with Crippen LogP contribution in [0.1, 0.15) is 32.6 Å². The monoisotopic (exact) mass is 306 g/mol. The van der Waals surface area contributed by atoms with Crippen LogP contribution in [-0.2, 0) is 4.79 Å². The molecular weight excluding hydrogens is 280 g/mol. The number of hydrogen-bond acceptors (Lipinski definition) is 3. The van der Waals surface area contributed by atoms with Gasteiger partial charge in [-0.15, -0.1) is 12.4 Å². The minimum Gasteiger partial charge on any atom is -0.343 e. The quantitative estimate of drug-likeness (QED) is 0.846. The van der Waals surface area contributed by atoms with Crippen LogP contribution in [0.15, 0.2) is 0 Å². The van der Waals surface area contributed by atoms with Crippen molar-refractivity contribution in [3.05, 3.63) is 0 Å². The SMILES string of the molecule is CSCCC(C)N(C)C(=O)C1CC12CCNCC2.Cl. The Morgan fingerprint density at radius 1 is 1.47 bits per heavy atom. The van der Waals surface area contributed by atoms with Gasteiger partial charge in [0.2, 0.25) is 5.91 Å². The van der Waals surface area contributed by atoms with E-state index in [0.717, 1.165) is 31.7 Å². The first-order valence-corrected chi connectivity index (χ1v) is 8.46. The second-order valence-corrected chi connectivity index (χ2v) is 6.93. The summed E-state index contributed by atoms with van der Waals surface area (Å²) in [6.07, 6.45) is 6.74. The molecule has 1 aliphatic carbocycles. The number of nitrogens with zero attached hydrogens (tertiary/aromatic N) is 1. The smallest absolute Gasteiger partial charge is 0.226 e. The number of halogens is 1. The molecule has 1 aliphatic heterocycles. The van der Waals surface area contributed by atoms with Crippen molar-refractivity contribution in [1.82, 2.24) is 10.2 Å². The van der Waals surface area contributed by atoms with Crippen LogP contribution >= 0.6 is 24.2 Å². The Labute approximate surface area is 127 Å². The Balaban J connectivity index is 0.00000180. The molecule has 2 atom stereocenters. The zero-order valence-corrected chi connectivity index (χ0v) is 13.9. The molecule has 1 saturated carbocycles. The molecule has 0 aromatic heterocycles. The largest absolute Gasteiger partial charge is 0.343 e. The van der Waals surface area contributed by atoms with Crippen molar-refractivity contribution < 1.29 is 4.79 Å². The molecule has 0 aromatic rings. The molecule has 19 heavy (non-hydrogen) atoms. The number of thioether (sulfide) groups is 1. The van der Waals surface area contributed by atoms with Crippen molar-refractivity contribution >= 4 is 30.1 Å². The predicted octanol–water partition coefficient (Wildman–Crippen LogP) is 2.40. The first-order valence-electron chi connectivity index (χ1n) is 7.07. The van der Waals surface area contributed by atoms with E-state index < -0.39 is 0 Å². The number of piperidine rings is 1. The Morgan fingerprint density at radius 3 is 2.68 bits per heavy atom. The van der Waals surface area contributed by atoms with Gasteiger partial charge in [-0.1, -0.05) is 0 Å². The van der Waals surface area contributed by atoms with Crippen LogP contribution in [-0.4, -0.2) is 49.0 Å². The molecule has 0 aromatic carbocycles. The summed E-state index contributed by atoms with van der Waals surface area (Å²) in [5.41, 5.74) is 0.371. The van der Waals surface area contributed by atoms with Gasteiger partial charge in [-0.25, -0.2) is 0 Å². The molecular formula is C14H27ClN2OS. The number of amides is 1. The van der Waals surface area contributed by atoms with Gasteiger partial charge in [-0.2, -0.15) is 11.8 Å². The van der Waals surface area contributed by atoms with Gasteiger partial charge < -0.3 is 10.2 Å². The lowest BCUT2D eigenvalue weighted by atomic mass is 9.91. The van der Waals surface area contributed by atoms with E-state index >= 15 is 0 Å². The first-order chi connectivity index (χ1) is 8.60. The number of carbonyl (C=O) groups is 1. The first kappa shape index (κ1) is 17.1. The lowest BCUT2D eigenvalue weighted by Gasteiger charge is -2.28. The molecule has 3 nitrogen and oxygen atoms in total. The summed E-state index contributed by atoms with van der Waals surface area (Å²) in [5, 5.41) is 3.39. The highest BCUT2D eigenvalue weighted by molar-refractivity contribution is 7.98. The van der Waals surface area contributed by atoms with Crippen LogP contribution in [0.5, 0.6) is 0 Å². The van der Waals surface area contributed by atoms with E-state index in [9.17, 15) is 4.79 Å². The Hall–Kier alpha value is 0.0700. The van der Waals surface area contributed by atoms with Crippen molar-refractivity contribution in [3.63, 3.8) is 0 Å². The van der Waals surface area contributed by atoms with Crippen LogP contribution < -0.4 is 5.32 Å². The average Bonchev–Trinajstić information content (AvgIpc) is 3.08.